The molecule has 0 heterocycles. The Kier molecular flexibility index (Phi) is 5.15. The van der Waals surface area contributed by atoms with Crippen LogP contribution < -0.4 is 0 Å². The molecule has 0 aliphatic heterocycles. The summed E-state index contributed by atoms with van der Waals surface area (Å²) in [6.45, 7) is 12.0. The molecular formula is C15H30. The molecule has 0 nitrogen and oxygen atoms in total. The largest absolute Gasteiger partial charge is 0.0651 e. The van der Waals surface area contributed by atoms with E-state index in [9.17, 15) is 0 Å². The van der Waals surface area contributed by atoms with Crippen LogP contribution in [0.15, 0.2) is 0 Å². The van der Waals surface area contributed by atoms with Gasteiger partial charge in [0.05, 0.1) is 0 Å². The summed E-state index contributed by atoms with van der Waals surface area (Å²) in [5.74, 6) is 5.12. The van der Waals surface area contributed by atoms with E-state index in [1.54, 1.807) is 0 Å². The van der Waals surface area contributed by atoms with Crippen molar-refractivity contribution in [3.63, 3.8) is 0 Å². The Balaban J connectivity index is 2.87. The minimum absolute atomic E-state index is 1.02. The van der Waals surface area contributed by atoms with Gasteiger partial charge < -0.3 is 0 Å². The van der Waals surface area contributed by atoms with Crippen LogP contribution in [-0.2, 0) is 0 Å². The smallest absolute Gasteiger partial charge is 0.0355 e. The molecule has 0 heteroatoms. The molecule has 0 aromatic rings. The average molecular weight is 210 g/mol. The van der Waals surface area contributed by atoms with Gasteiger partial charge in [0.2, 0.25) is 0 Å². The summed E-state index contributed by atoms with van der Waals surface area (Å²) in [6, 6.07) is 0. The van der Waals surface area contributed by atoms with Crippen LogP contribution >= 0.6 is 0 Å². The van der Waals surface area contributed by atoms with E-state index in [1.807, 2.05) is 0 Å². The van der Waals surface area contributed by atoms with Gasteiger partial charge in [0.1, 0.15) is 0 Å². The van der Waals surface area contributed by atoms with E-state index in [4.69, 9.17) is 0 Å². The molecule has 0 unspecified atom stereocenters. The van der Waals surface area contributed by atoms with Crippen molar-refractivity contribution in [3.05, 3.63) is 0 Å². The van der Waals surface area contributed by atoms with Crippen molar-refractivity contribution >= 4 is 0 Å². The maximum atomic E-state index is 2.40. The van der Waals surface area contributed by atoms with Crippen molar-refractivity contribution in [1.29, 1.82) is 0 Å². The van der Waals surface area contributed by atoms with Gasteiger partial charge in [-0.25, -0.2) is 0 Å². The van der Waals surface area contributed by atoms with E-state index >= 15 is 0 Å². The van der Waals surface area contributed by atoms with Gasteiger partial charge in [0, 0.05) is 0 Å². The lowest BCUT2D eigenvalue weighted by Gasteiger charge is -2.23. The van der Waals surface area contributed by atoms with Crippen LogP contribution in [0.25, 0.3) is 0 Å². The number of hydrogen-bond acceptors (Lipinski definition) is 0. The predicted molar refractivity (Wildman–Crippen MR) is 68.9 cm³/mol. The second-order valence-electron chi connectivity index (χ2n) is 5.36. The highest BCUT2D eigenvalue weighted by molar-refractivity contribution is 4.94. The number of hydrogen-bond donors (Lipinski definition) is 0. The van der Waals surface area contributed by atoms with Gasteiger partial charge in [0.25, 0.3) is 0 Å². The highest BCUT2D eigenvalue weighted by Crippen LogP contribution is 2.52. The monoisotopic (exact) mass is 210 g/mol. The Morgan fingerprint density at radius 3 is 0.600 bits per heavy atom. The van der Waals surface area contributed by atoms with Crippen molar-refractivity contribution in [2.45, 2.75) is 66.7 Å². The standard InChI is InChI=1S/C15H30/c1-6-11-12(7-2)14(9-4)15(10-5)13(11)8-3/h11-15H,6-10H2,1-5H3. The quantitative estimate of drug-likeness (QED) is 0.590. The maximum Gasteiger partial charge on any atom is -0.0355 e. The molecule has 0 amide bonds. The van der Waals surface area contributed by atoms with Crippen LogP contribution in [0, 0.1) is 29.6 Å². The molecule has 1 fully saturated rings. The van der Waals surface area contributed by atoms with Crippen molar-refractivity contribution in [3.8, 4) is 0 Å². The lowest BCUT2D eigenvalue weighted by molar-refractivity contribution is 0.260. The first-order chi connectivity index (χ1) is 7.24. The van der Waals surface area contributed by atoms with Gasteiger partial charge in [0.15, 0.2) is 0 Å². The summed E-state index contributed by atoms with van der Waals surface area (Å²) >= 11 is 0. The zero-order valence-corrected chi connectivity index (χ0v) is 11.4. The van der Waals surface area contributed by atoms with Crippen LogP contribution in [0.2, 0.25) is 0 Å². The van der Waals surface area contributed by atoms with E-state index in [1.165, 1.54) is 32.1 Å². The molecule has 1 saturated carbocycles. The summed E-state index contributed by atoms with van der Waals surface area (Å²) < 4.78 is 0. The van der Waals surface area contributed by atoms with Crippen molar-refractivity contribution in [1.82, 2.24) is 0 Å². The molecule has 0 atom stereocenters. The third-order valence-corrected chi connectivity index (χ3v) is 5.11. The summed E-state index contributed by atoms with van der Waals surface area (Å²) in [6.07, 6.45) is 7.03. The molecule has 0 aromatic carbocycles. The Labute approximate surface area is 96.8 Å². The first-order valence-electron chi connectivity index (χ1n) is 7.24. The molecule has 1 aliphatic rings. The van der Waals surface area contributed by atoms with Gasteiger partial charge in [-0.3, -0.25) is 0 Å². The molecule has 15 heavy (non-hydrogen) atoms. The highest BCUT2D eigenvalue weighted by atomic mass is 14.5. The molecule has 0 N–H and O–H groups in total. The summed E-state index contributed by atoms with van der Waals surface area (Å²) in [7, 11) is 0. The SMILES string of the molecule is CCC1C(CC)C(CC)C(CC)C1CC. The van der Waals surface area contributed by atoms with Crippen LogP contribution in [0.5, 0.6) is 0 Å². The van der Waals surface area contributed by atoms with E-state index in [-0.39, 0.29) is 0 Å². The summed E-state index contributed by atoms with van der Waals surface area (Å²) in [5.41, 5.74) is 0. The lowest BCUT2D eigenvalue weighted by atomic mass is 9.82. The molecular weight excluding hydrogens is 180 g/mol. The minimum Gasteiger partial charge on any atom is -0.0651 e. The van der Waals surface area contributed by atoms with Crippen LogP contribution in [0.1, 0.15) is 66.7 Å². The first kappa shape index (κ1) is 13.1. The molecule has 1 aliphatic carbocycles. The van der Waals surface area contributed by atoms with Crippen molar-refractivity contribution < 1.29 is 0 Å². The van der Waals surface area contributed by atoms with Crippen LogP contribution in [0.3, 0.4) is 0 Å². The second kappa shape index (κ2) is 5.92. The zero-order valence-electron chi connectivity index (χ0n) is 11.4. The molecule has 90 valence electrons. The maximum absolute atomic E-state index is 2.40. The lowest BCUT2D eigenvalue weighted by Crippen LogP contribution is -2.15. The van der Waals surface area contributed by atoms with Gasteiger partial charge in [-0.1, -0.05) is 66.7 Å². The zero-order chi connectivity index (χ0) is 11.4. The molecule has 0 bridgehead atoms. The fraction of sp³-hybridized carbons (Fsp3) is 1.00. The van der Waals surface area contributed by atoms with Crippen molar-refractivity contribution in [2.75, 3.05) is 0 Å². The van der Waals surface area contributed by atoms with Crippen LogP contribution in [0.4, 0.5) is 0 Å². The molecule has 1 rings (SSSR count). The Morgan fingerprint density at radius 1 is 0.400 bits per heavy atom. The third-order valence-electron chi connectivity index (χ3n) is 5.11. The number of rotatable bonds is 5. The summed E-state index contributed by atoms with van der Waals surface area (Å²) in [4.78, 5) is 0. The molecule has 0 saturated heterocycles. The first-order valence-corrected chi connectivity index (χ1v) is 7.24. The fourth-order valence-corrected chi connectivity index (χ4v) is 4.62. The molecule has 0 radical (unpaired) electrons. The minimum atomic E-state index is 1.02. The normalized spacial score (nSPS) is 41.0. The van der Waals surface area contributed by atoms with E-state index in [2.05, 4.69) is 34.6 Å². The van der Waals surface area contributed by atoms with E-state index < -0.39 is 0 Å². The van der Waals surface area contributed by atoms with Crippen LogP contribution in [-0.4, -0.2) is 0 Å². The predicted octanol–water partition coefficient (Wildman–Crippen LogP) is 5.13. The Bertz CT molecular complexity index is 116. The Morgan fingerprint density at radius 2 is 0.533 bits per heavy atom. The van der Waals surface area contributed by atoms with Crippen molar-refractivity contribution in [2.24, 2.45) is 29.6 Å². The average Bonchev–Trinajstić information content (AvgIpc) is 2.59. The second-order valence-corrected chi connectivity index (χ2v) is 5.36. The van der Waals surface area contributed by atoms with E-state index in [0.717, 1.165) is 29.6 Å². The van der Waals surface area contributed by atoms with E-state index in [0.29, 0.717) is 0 Å². The van der Waals surface area contributed by atoms with Gasteiger partial charge in [-0.05, 0) is 29.6 Å². The third kappa shape index (κ3) is 2.24. The molecule has 0 aromatic heterocycles. The fourth-order valence-electron chi connectivity index (χ4n) is 4.62. The van der Waals surface area contributed by atoms with Gasteiger partial charge in [-0.15, -0.1) is 0 Å². The van der Waals surface area contributed by atoms with Gasteiger partial charge in [-0.2, -0.15) is 0 Å². The topological polar surface area (TPSA) is 0 Å². The highest BCUT2D eigenvalue weighted by Gasteiger charge is 2.45. The molecule has 0 spiro atoms. The van der Waals surface area contributed by atoms with Gasteiger partial charge >= 0.3 is 0 Å². The summed E-state index contributed by atoms with van der Waals surface area (Å²) in [5, 5.41) is 0. The Hall–Kier alpha value is 0.